The second-order valence-electron chi connectivity index (χ2n) is 4.57. The zero-order valence-corrected chi connectivity index (χ0v) is 10.9. The molecule has 0 amide bonds. The van der Waals surface area contributed by atoms with Gasteiger partial charge in [0.2, 0.25) is 0 Å². The van der Waals surface area contributed by atoms with E-state index in [2.05, 4.69) is 0 Å². The molecule has 2 aromatic rings. The molecule has 0 heterocycles. The summed E-state index contributed by atoms with van der Waals surface area (Å²) in [5, 5.41) is 0. The number of Topliss-reactive ketones (excluding diaryl/α,β-unsaturated/α-hetero) is 1. The first kappa shape index (κ1) is 14.3. The first-order chi connectivity index (χ1) is 9.39. The lowest BCUT2D eigenvalue weighted by atomic mass is 9.96. The molecule has 0 spiro atoms. The van der Waals surface area contributed by atoms with Gasteiger partial charge in [0.05, 0.1) is 5.56 Å². The molecule has 0 unspecified atom stereocenters. The summed E-state index contributed by atoms with van der Waals surface area (Å²) in [4.78, 5) is 12.1. The van der Waals surface area contributed by atoms with Crippen molar-refractivity contribution in [1.82, 2.24) is 0 Å². The summed E-state index contributed by atoms with van der Waals surface area (Å²) < 4.78 is 38.6. The molecule has 0 N–H and O–H groups in total. The minimum Gasteiger partial charge on any atom is -0.294 e. The van der Waals surface area contributed by atoms with Crippen molar-refractivity contribution in [1.29, 1.82) is 0 Å². The van der Waals surface area contributed by atoms with Crippen molar-refractivity contribution in [3.63, 3.8) is 0 Å². The number of hydrogen-bond acceptors (Lipinski definition) is 1. The zero-order valence-electron chi connectivity index (χ0n) is 10.9. The SMILES string of the molecule is Cc1ccccc1CC(=O)c1ccccc1C(F)(F)F. The van der Waals surface area contributed by atoms with Crippen LogP contribution in [0.25, 0.3) is 0 Å². The molecule has 0 aromatic heterocycles. The van der Waals surface area contributed by atoms with Crippen molar-refractivity contribution in [3.8, 4) is 0 Å². The normalized spacial score (nSPS) is 11.4. The Hall–Kier alpha value is -2.10. The van der Waals surface area contributed by atoms with Gasteiger partial charge in [-0.15, -0.1) is 0 Å². The van der Waals surface area contributed by atoms with Crippen LogP contribution in [0.5, 0.6) is 0 Å². The van der Waals surface area contributed by atoms with Crippen LogP contribution in [0.3, 0.4) is 0 Å². The lowest BCUT2D eigenvalue weighted by Gasteiger charge is -2.12. The summed E-state index contributed by atoms with van der Waals surface area (Å²) in [7, 11) is 0. The van der Waals surface area contributed by atoms with Gasteiger partial charge >= 0.3 is 6.18 Å². The van der Waals surface area contributed by atoms with Crippen LogP contribution in [0.15, 0.2) is 48.5 Å². The Labute approximate surface area is 115 Å². The van der Waals surface area contributed by atoms with Gasteiger partial charge in [-0.25, -0.2) is 0 Å². The highest BCUT2D eigenvalue weighted by atomic mass is 19.4. The molecule has 20 heavy (non-hydrogen) atoms. The van der Waals surface area contributed by atoms with Gasteiger partial charge in [-0.3, -0.25) is 4.79 Å². The molecule has 2 aromatic carbocycles. The van der Waals surface area contributed by atoms with Crippen molar-refractivity contribution in [2.75, 3.05) is 0 Å². The largest absolute Gasteiger partial charge is 0.417 e. The Balaban J connectivity index is 2.34. The Morgan fingerprint density at radius 3 is 2.25 bits per heavy atom. The highest BCUT2D eigenvalue weighted by molar-refractivity contribution is 5.99. The van der Waals surface area contributed by atoms with Gasteiger partial charge in [-0.05, 0) is 24.1 Å². The van der Waals surface area contributed by atoms with Gasteiger partial charge in [-0.1, -0.05) is 42.5 Å². The fourth-order valence-electron chi connectivity index (χ4n) is 2.05. The van der Waals surface area contributed by atoms with Crippen LogP contribution in [-0.4, -0.2) is 5.78 Å². The molecule has 0 aliphatic carbocycles. The van der Waals surface area contributed by atoms with Gasteiger partial charge in [0.1, 0.15) is 0 Å². The number of hydrogen-bond donors (Lipinski definition) is 0. The Morgan fingerprint density at radius 1 is 1.00 bits per heavy atom. The number of aryl methyl sites for hydroxylation is 1. The van der Waals surface area contributed by atoms with E-state index in [1.54, 1.807) is 12.1 Å². The molecule has 0 saturated heterocycles. The Kier molecular flexibility index (Phi) is 3.93. The zero-order chi connectivity index (χ0) is 14.8. The molecular weight excluding hydrogens is 265 g/mol. The van der Waals surface area contributed by atoms with Crippen LogP contribution in [-0.2, 0) is 12.6 Å². The highest BCUT2D eigenvalue weighted by Gasteiger charge is 2.34. The lowest BCUT2D eigenvalue weighted by molar-refractivity contribution is -0.137. The fraction of sp³-hybridized carbons (Fsp3) is 0.188. The third-order valence-corrected chi connectivity index (χ3v) is 3.15. The third-order valence-electron chi connectivity index (χ3n) is 3.15. The van der Waals surface area contributed by atoms with Crippen LogP contribution in [0.2, 0.25) is 0 Å². The highest BCUT2D eigenvalue weighted by Crippen LogP contribution is 2.32. The Morgan fingerprint density at radius 2 is 1.60 bits per heavy atom. The maximum absolute atomic E-state index is 12.9. The minimum absolute atomic E-state index is 0.0280. The fourth-order valence-corrected chi connectivity index (χ4v) is 2.05. The van der Waals surface area contributed by atoms with E-state index < -0.39 is 17.5 Å². The van der Waals surface area contributed by atoms with Gasteiger partial charge in [0, 0.05) is 12.0 Å². The van der Waals surface area contributed by atoms with E-state index in [0.717, 1.165) is 17.2 Å². The van der Waals surface area contributed by atoms with Gasteiger partial charge in [-0.2, -0.15) is 13.2 Å². The molecule has 0 aliphatic rings. The molecular formula is C16H13F3O. The minimum atomic E-state index is -4.52. The molecule has 0 atom stereocenters. The van der Waals surface area contributed by atoms with Gasteiger partial charge < -0.3 is 0 Å². The average molecular weight is 278 g/mol. The van der Waals surface area contributed by atoms with Crippen molar-refractivity contribution in [3.05, 3.63) is 70.8 Å². The van der Waals surface area contributed by atoms with Crippen molar-refractivity contribution >= 4 is 5.78 Å². The molecule has 0 saturated carbocycles. The Bertz CT molecular complexity index is 630. The number of rotatable bonds is 3. The van der Waals surface area contributed by atoms with E-state index in [9.17, 15) is 18.0 Å². The van der Waals surface area contributed by atoms with E-state index in [4.69, 9.17) is 0 Å². The van der Waals surface area contributed by atoms with Crippen LogP contribution >= 0.6 is 0 Å². The molecule has 1 nitrogen and oxygen atoms in total. The predicted octanol–water partition coefficient (Wildman–Crippen LogP) is 4.44. The summed E-state index contributed by atoms with van der Waals surface area (Å²) >= 11 is 0. The number of ketones is 1. The number of carbonyl (C=O) groups excluding carboxylic acids is 1. The number of alkyl halides is 3. The van der Waals surface area contributed by atoms with E-state index in [0.29, 0.717) is 0 Å². The summed E-state index contributed by atoms with van der Waals surface area (Å²) in [6, 6.07) is 12.1. The van der Waals surface area contributed by atoms with Crippen molar-refractivity contribution < 1.29 is 18.0 Å². The monoisotopic (exact) mass is 278 g/mol. The van der Waals surface area contributed by atoms with Gasteiger partial charge in [0.15, 0.2) is 5.78 Å². The van der Waals surface area contributed by atoms with Crippen LogP contribution < -0.4 is 0 Å². The molecule has 104 valence electrons. The van der Waals surface area contributed by atoms with Crippen LogP contribution in [0.4, 0.5) is 13.2 Å². The second kappa shape index (κ2) is 5.49. The molecule has 0 radical (unpaired) electrons. The predicted molar refractivity (Wildman–Crippen MR) is 70.7 cm³/mol. The first-order valence-electron chi connectivity index (χ1n) is 6.13. The summed E-state index contributed by atoms with van der Waals surface area (Å²) in [5.41, 5.74) is 0.488. The average Bonchev–Trinajstić information content (AvgIpc) is 2.40. The smallest absolute Gasteiger partial charge is 0.294 e. The molecule has 0 aliphatic heterocycles. The molecule has 2 rings (SSSR count). The van der Waals surface area contributed by atoms with E-state index >= 15 is 0 Å². The van der Waals surface area contributed by atoms with E-state index in [1.165, 1.54) is 18.2 Å². The third kappa shape index (κ3) is 3.07. The second-order valence-corrected chi connectivity index (χ2v) is 4.57. The standard InChI is InChI=1S/C16H13F3O/c1-11-6-2-3-7-12(11)10-15(20)13-8-4-5-9-14(13)16(17,18)19/h2-9H,10H2,1H3. The first-order valence-corrected chi connectivity index (χ1v) is 6.13. The maximum Gasteiger partial charge on any atom is 0.417 e. The van der Waals surface area contributed by atoms with E-state index in [-0.39, 0.29) is 12.0 Å². The summed E-state index contributed by atoms with van der Waals surface area (Å²) in [6.07, 6.45) is -4.54. The quantitative estimate of drug-likeness (QED) is 0.759. The number of carbonyl (C=O) groups is 1. The van der Waals surface area contributed by atoms with E-state index in [1.807, 2.05) is 19.1 Å². The number of halogens is 3. The summed E-state index contributed by atoms with van der Waals surface area (Å²) in [5.74, 6) is -0.521. The molecule has 4 heteroatoms. The number of benzene rings is 2. The van der Waals surface area contributed by atoms with Gasteiger partial charge in [0.25, 0.3) is 0 Å². The summed E-state index contributed by atoms with van der Waals surface area (Å²) in [6.45, 7) is 1.83. The molecule has 0 bridgehead atoms. The lowest BCUT2D eigenvalue weighted by Crippen LogP contribution is -2.14. The van der Waals surface area contributed by atoms with Crippen molar-refractivity contribution in [2.24, 2.45) is 0 Å². The molecule has 0 fully saturated rings. The van der Waals surface area contributed by atoms with Crippen LogP contribution in [0, 0.1) is 6.92 Å². The topological polar surface area (TPSA) is 17.1 Å². The van der Waals surface area contributed by atoms with Crippen LogP contribution in [0.1, 0.15) is 27.0 Å². The van der Waals surface area contributed by atoms with Crippen molar-refractivity contribution in [2.45, 2.75) is 19.5 Å². The maximum atomic E-state index is 12.9.